The van der Waals surface area contributed by atoms with Gasteiger partial charge < -0.3 is 14.9 Å². The number of carbonyl (C=O) groups excluding carboxylic acids is 2. The molecule has 140 valence electrons. The van der Waals surface area contributed by atoms with Crippen molar-refractivity contribution in [3.05, 3.63) is 29.8 Å². The van der Waals surface area contributed by atoms with Gasteiger partial charge in [-0.1, -0.05) is 18.2 Å². The molecule has 4 rings (SSSR count). The van der Waals surface area contributed by atoms with Gasteiger partial charge >= 0.3 is 0 Å². The van der Waals surface area contributed by atoms with Gasteiger partial charge in [0.25, 0.3) is 0 Å². The predicted octanol–water partition coefficient (Wildman–Crippen LogP) is 2.58. The summed E-state index contributed by atoms with van der Waals surface area (Å²) in [6, 6.07) is 7.06. The molecule has 1 spiro atoms. The lowest BCUT2D eigenvalue weighted by molar-refractivity contribution is -0.143. The second-order valence-electron chi connectivity index (χ2n) is 8.44. The highest BCUT2D eigenvalue weighted by Crippen LogP contribution is 2.40. The fraction of sp³-hybridized carbons (Fsp3) is 0.619. The van der Waals surface area contributed by atoms with Gasteiger partial charge in [0, 0.05) is 43.6 Å². The number of hydrogen-bond acceptors (Lipinski definition) is 3. The number of hydrogen-bond donors (Lipinski definition) is 1. The predicted molar refractivity (Wildman–Crippen MR) is 98.6 cm³/mol. The Kier molecular flexibility index (Phi) is 4.63. The number of aromatic hydroxyl groups is 1. The second-order valence-corrected chi connectivity index (χ2v) is 8.44. The molecule has 1 aromatic rings. The minimum atomic E-state index is 0.0649. The largest absolute Gasteiger partial charge is 0.508 e. The molecule has 5 heteroatoms. The van der Waals surface area contributed by atoms with E-state index in [0.29, 0.717) is 23.8 Å². The molecule has 1 aromatic carbocycles. The maximum absolute atomic E-state index is 12.8. The molecule has 5 nitrogen and oxygen atoms in total. The maximum atomic E-state index is 12.8. The Morgan fingerprint density at radius 2 is 2.00 bits per heavy atom. The van der Waals surface area contributed by atoms with Crippen molar-refractivity contribution in [1.29, 1.82) is 0 Å². The smallest absolute Gasteiger partial charge is 0.227 e. The number of carbonyl (C=O) groups is 2. The van der Waals surface area contributed by atoms with Gasteiger partial charge in [-0.3, -0.25) is 9.59 Å². The summed E-state index contributed by atoms with van der Waals surface area (Å²) in [6.45, 7) is 3.24. The minimum absolute atomic E-state index is 0.0649. The topological polar surface area (TPSA) is 60.9 Å². The van der Waals surface area contributed by atoms with Crippen molar-refractivity contribution in [3.8, 4) is 5.75 Å². The lowest BCUT2D eigenvalue weighted by Gasteiger charge is -2.48. The first kappa shape index (κ1) is 17.4. The van der Waals surface area contributed by atoms with Gasteiger partial charge in [-0.05, 0) is 44.1 Å². The number of rotatable bonds is 4. The Bertz CT molecular complexity index is 700. The van der Waals surface area contributed by atoms with Crippen molar-refractivity contribution < 1.29 is 14.7 Å². The molecule has 26 heavy (non-hydrogen) atoms. The highest BCUT2D eigenvalue weighted by molar-refractivity contribution is 5.80. The van der Waals surface area contributed by atoms with E-state index in [1.807, 2.05) is 17.0 Å². The molecule has 2 saturated heterocycles. The normalized spacial score (nSPS) is 26.4. The molecule has 3 fully saturated rings. The Hall–Kier alpha value is -2.04. The first-order valence-electron chi connectivity index (χ1n) is 9.87. The zero-order valence-electron chi connectivity index (χ0n) is 15.3. The molecule has 1 atom stereocenters. The van der Waals surface area contributed by atoms with Crippen LogP contribution in [0.4, 0.5) is 0 Å². The SMILES string of the molecule is O=C(Cc1ccccc1O)N1CCCC2(CCC(=O)N(CC3CC3)C2)C1. The highest BCUT2D eigenvalue weighted by atomic mass is 16.3. The molecule has 0 radical (unpaired) electrons. The van der Waals surface area contributed by atoms with Gasteiger partial charge in [-0.25, -0.2) is 0 Å². The molecule has 2 heterocycles. The quantitative estimate of drug-likeness (QED) is 0.902. The third-order valence-electron chi connectivity index (χ3n) is 6.27. The summed E-state index contributed by atoms with van der Waals surface area (Å²) >= 11 is 0. The molecular weight excluding hydrogens is 328 g/mol. The van der Waals surface area contributed by atoms with Gasteiger partial charge in [-0.2, -0.15) is 0 Å². The van der Waals surface area contributed by atoms with E-state index in [2.05, 4.69) is 4.90 Å². The molecule has 2 aliphatic heterocycles. The van der Waals surface area contributed by atoms with Crippen LogP contribution in [0, 0.1) is 11.3 Å². The van der Waals surface area contributed by atoms with Crippen LogP contribution < -0.4 is 0 Å². The van der Waals surface area contributed by atoms with Crippen molar-refractivity contribution in [2.45, 2.75) is 44.9 Å². The number of phenols is 1. The highest BCUT2D eigenvalue weighted by Gasteiger charge is 2.43. The number of nitrogens with zero attached hydrogens (tertiary/aromatic N) is 2. The van der Waals surface area contributed by atoms with E-state index >= 15 is 0 Å². The Morgan fingerprint density at radius 3 is 2.77 bits per heavy atom. The van der Waals surface area contributed by atoms with Crippen LogP contribution in [0.1, 0.15) is 44.1 Å². The number of piperidine rings is 2. The van der Waals surface area contributed by atoms with Crippen LogP contribution in [0.25, 0.3) is 0 Å². The molecule has 1 unspecified atom stereocenters. The Morgan fingerprint density at radius 1 is 1.19 bits per heavy atom. The monoisotopic (exact) mass is 356 g/mol. The van der Waals surface area contributed by atoms with Crippen LogP contribution >= 0.6 is 0 Å². The first-order valence-corrected chi connectivity index (χ1v) is 9.87. The molecule has 0 aromatic heterocycles. The van der Waals surface area contributed by atoms with Crippen molar-refractivity contribution in [1.82, 2.24) is 9.80 Å². The van der Waals surface area contributed by atoms with E-state index in [1.165, 1.54) is 12.8 Å². The third-order valence-corrected chi connectivity index (χ3v) is 6.27. The lowest BCUT2D eigenvalue weighted by Crippen LogP contribution is -2.55. The average molecular weight is 356 g/mol. The van der Waals surface area contributed by atoms with E-state index in [0.717, 1.165) is 45.4 Å². The van der Waals surface area contributed by atoms with Gasteiger partial charge in [0.05, 0.1) is 6.42 Å². The Labute approximate surface area is 155 Å². The van der Waals surface area contributed by atoms with E-state index in [1.54, 1.807) is 12.1 Å². The summed E-state index contributed by atoms with van der Waals surface area (Å²) in [5.41, 5.74) is 0.751. The molecule has 2 amide bonds. The van der Waals surface area contributed by atoms with Crippen molar-refractivity contribution >= 4 is 11.8 Å². The summed E-state index contributed by atoms with van der Waals surface area (Å²) in [6.07, 6.45) is 6.36. The average Bonchev–Trinajstić information content (AvgIpc) is 3.45. The molecule has 3 aliphatic rings. The van der Waals surface area contributed by atoms with Gasteiger partial charge in [0.2, 0.25) is 11.8 Å². The van der Waals surface area contributed by atoms with Crippen molar-refractivity contribution in [2.24, 2.45) is 11.3 Å². The van der Waals surface area contributed by atoms with Crippen LogP contribution in [-0.4, -0.2) is 52.9 Å². The van der Waals surface area contributed by atoms with Crippen LogP contribution in [0.2, 0.25) is 0 Å². The maximum Gasteiger partial charge on any atom is 0.227 e. The summed E-state index contributed by atoms with van der Waals surface area (Å²) in [7, 11) is 0. The van der Waals surface area contributed by atoms with Gasteiger partial charge in [-0.15, -0.1) is 0 Å². The van der Waals surface area contributed by atoms with E-state index in [-0.39, 0.29) is 23.5 Å². The van der Waals surface area contributed by atoms with Crippen LogP contribution in [0.5, 0.6) is 5.75 Å². The summed E-state index contributed by atoms with van der Waals surface area (Å²) in [5, 5.41) is 9.94. The number of likely N-dealkylation sites (tertiary alicyclic amines) is 2. The standard InChI is InChI=1S/C21H28N2O3/c24-18-5-2-1-4-17(18)12-20(26)22-11-3-9-21(14-22)10-8-19(25)23(15-21)13-16-6-7-16/h1-2,4-5,16,24H,3,6-15H2. The van der Waals surface area contributed by atoms with E-state index < -0.39 is 0 Å². The lowest BCUT2D eigenvalue weighted by atomic mass is 9.73. The van der Waals surface area contributed by atoms with Crippen molar-refractivity contribution in [3.63, 3.8) is 0 Å². The van der Waals surface area contributed by atoms with Crippen LogP contribution in [0.3, 0.4) is 0 Å². The summed E-state index contributed by atoms with van der Waals surface area (Å²) < 4.78 is 0. The number of benzene rings is 1. The number of amides is 2. The zero-order valence-corrected chi connectivity index (χ0v) is 15.3. The van der Waals surface area contributed by atoms with Gasteiger partial charge in [0.1, 0.15) is 5.75 Å². The second kappa shape index (κ2) is 6.93. The third kappa shape index (κ3) is 3.71. The molecule has 0 bridgehead atoms. The van der Waals surface area contributed by atoms with Gasteiger partial charge in [0.15, 0.2) is 0 Å². The molecule has 1 saturated carbocycles. The molecule has 1 aliphatic carbocycles. The van der Waals surface area contributed by atoms with E-state index in [4.69, 9.17) is 0 Å². The zero-order chi connectivity index (χ0) is 18.1. The summed E-state index contributed by atoms with van der Waals surface area (Å²) in [4.78, 5) is 29.1. The molecule has 1 N–H and O–H groups in total. The molecular formula is C21H28N2O3. The Balaban J connectivity index is 1.42. The summed E-state index contributed by atoms with van der Waals surface area (Å²) in [5.74, 6) is 1.26. The van der Waals surface area contributed by atoms with Crippen LogP contribution in [0.15, 0.2) is 24.3 Å². The fourth-order valence-electron chi connectivity index (χ4n) is 4.57. The van der Waals surface area contributed by atoms with Crippen LogP contribution in [-0.2, 0) is 16.0 Å². The van der Waals surface area contributed by atoms with E-state index in [9.17, 15) is 14.7 Å². The minimum Gasteiger partial charge on any atom is -0.508 e. The van der Waals surface area contributed by atoms with Crippen molar-refractivity contribution in [2.75, 3.05) is 26.2 Å². The fourth-order valence-corrected chi connectivity index (χ4v) is 4.57. The number of para-hydroxylation sites is 1. The first-order chi connectivity index (χ1) is 12.5. The number of phenolic OH excluding ortho intramolecular Hbond substituents is 1.